The maximum Gasteiger partial charge on any atom is 0.144 e. The first-order chi connectivity index (χ1) is 28.3. The van der Waals surface area contributed by atoms with E-state index in [0.29, 0.717) is 5.56 Å². The van der Waals surface area contributed by atoms with E-state index in [0.717, 1.165) is 87.9 Å². The predicted octanol–water partition coefficient (Wildman–Crippen LogP) is 14.2. The average molecular weight is 681 g/mol. The molecule has 0 N–H and O–H groups in total. The number of hydrogen-bond donors (Lipinski definition) is 0. The zero-order valence-electron chi connectivity index (χ0n) is 33.8. The normalized spacial score (nSPS) is 13.2. The van der Waals surface area contributed by atoms with Crippen molar-refractivity contribution in [2.45, 2.75) is 0 Å². The summed E-state index contributed by atoms with van der Waals surface area (Å²) < 4.78 is 52.4. The van der Waals surface area contributed by atoms with Crippen LogP contribution in [0.5, 0.6) is 0 Å². The maximum atomic E-state index is 8.97. The van der Waals surface area contributed by atoms with Crippen LogP contribution in [0, 0.1) is 0 Å². The lowest BCUT2D eigenvalue weighted by molar-refractivity contribution is 0.670. The molecule has 2 aromatic heterocycles. The predicted molar refractivity (Wildman–Crippen MR) is 224 cm³/mol. The molecule has 2 nitrogen and oxygen atoms in total. The van der Waals surface area contributed by atoms with Gasteiger partial charge in [0.2, 0.25) is 0 Å². The van der Waals surface area contributed by atoms with E-state index in [4.69, 9.17) is 11.3 Å². The summed E-state index contributed by atoms with van der Waals surface area (Å²) in [6.45, 7) is 0. The number of hydrogen-bond acceptors (Lipinski definition) is 1. The summed E-state index contributed by atoms with van der Waals surface area (Å²) in [5, 5.41) is 8.26. The fraction of sp³-hybridized carbons (Fsp3) is 0.0196. The van der Waals surface area contributed by atoms with E-state index in [1.54, 1.807) is 0 Å². The van der Waals surface area contributed by atoms with Crippen molar-refractivity contribution in [1.29, 1.82) is 0 Å². The third-order valence-corrected chi connectivity index (χ3v) is 10.9. The Morgan fingerprint density at radius 3 is 1.91 bits per heavy atom. The fourth-order valence-corrected chi connectivity index (χ4v) is 8.52. The lowest BCUT2D eigenvalue weighted by Gasteiger charge is -2.17. The van der Waals surface area contributed by atoms with Gasteiger partial charge in [0.25, 0.3) is 0 Å². The maximum absolute atomic E-state index is 8.97. The number of para-hydroxylation sites is 2. The first-order valence-electron chi connectivity index (χ1n) is 20.3. The van der Waals surface area contributed by atoms with Crippen LogP contribution in [-0.4, -0.2) is 4.57 Å². The number of benzene rings is 9. The number of fused-ring (bicyclic) bond motifs is 8. The third-order valence-electron chi connectivity index (χ3n) is 10.9. The Balaban J connectivity index is 1.22. The Kier molecular flexibility index (Phi) is 5.48. The highest BCUT2D eigenvalue weighted by Crippen LogP contribution is 2.50. The van der Waals surface area contributed by atoms with Gasteiger partial charge in [-0.1, -0.05) is 164 Å². The Labute approximate surface area is 313 Å². The van der Waals surface area contributed by atoms with Crippen molar-refractivity contribution in [2.75, 3.05) is 0 Å². The number of furan rings is 1. The van der Waals surface area contributed by atoms with Crippen LogP contribution >= 0.6 is 0 Å². The number of aromatic nitrogens is 1. The zero-order valence-corrected chi connectivity index (χ0v) is 28.8. The topological polar surface area (TPSA) is 18.1 Å². The lowest BCUT2D eigenvalue weighted by Crippen LogP contribution is -1.94. The van der Waals surface area contributed by atoms with Gasteiger partial charge in [-0.05, 0) is 67.6 Å². The first kappa shape index (κ1) is 25.1. The molecule has 11 rings (SSSR count). The third kappa shape index (κ3) is 4.46. The summed E-state index contributed by atoms with van der Waals surface area (Å²) in [7, 11) is 2.04. The smallest absolute Gasteiger partial charge is 0.144 e. The monoisotopic (exact) mass is 680 g/mol. The van der Waals surface area contributed by atoms with E-state index in [9.17, 15) is 0 Å². The molecule has 2 heteroatoms. The number of nitrogens with zero attached hydrogens (tertiary/aromatic N) is 1. The highest BCUT2D eigenvalue weighted by atomic mass is 16.3. The molecule has 0 aliphatic rings. The lowest BCUT2D eigenvalue weighted by atomic mass is 9.86. The van der Waals surface area contributed by atoms with E-state index in [2.05, 4.69) is 114 Å². The average Bonchev–Trinajstić information content (AvgIpc) is 3.79. The summed E-state index contributed by atoms with van der Waals surface area (Å²) in [6.07, 6.45) is 0. The molecule has 0 aliphatic carbocycles. The molecule has 0 radical (unpaired) electrons. The van der Waals surface area contributed by atoms with Gasteiger partial charge in [-0.2, -0.15) is 0 Å². The molecule has 0 aliphatic heterocycles. The summed E-state index contributed by atoms with van der Waals surface area (Å²) >= 11 is 0. The van der Waals surface area contributed by atoms with Gasteiger partial charge < -0.3 is 8.98 Å². The standard InChI is InChI=1S/C51H33NO/c1-52-44-21-11-9-19-41(44)48-38(34-14-3-2-4-15-34)29-30-43(50(48)52)47-40-18-8-7-17-39(40)46(51-49(47)42-20-10-12-22-45(42)53-51)35-26-23-33(24-27-35)37-28-25-32-13-5-6-16-36(32)31-37/h2-31H,1H3/i2D,3D,4D,14D,15D. The minimum absolute atomic E-state index is 0.185. The summed E-state index contributed by atoms with van der Waals surface area (Å²) in [4.78, 5) is 0. The minimum Gasteiger partial charge on any atom is -0.455 e. The van der Waals surface area contributed by atoms with Crippen LogP contribution in [0.2, 0.25) is 0 Å². The summed E-state index contributed by atoms with van der Waals surface area (Å²) in [5.74, 6) is 0. The van der Waals surface area contributed by atoms with Crippen molar-refractivity contribution in [3.63, 3.8) is 0 Å². The molecule has 0 bridgehead atoms. The van der Waals surface area contributed by atoms with Crippen molar-refractivity contribution in [3.8, 4) is 44.5 Å². The van der Waals surface area contributed by atoms with Gasteiger partial charge in [-0.3, -0.25) is 0 Å². The molecule has 53 heavy (non-hydrogen) atoms. The van der Waals surface area contributed by atoms with Crippen LogP contribution in [0.1, 0.15) is 6.85 Å². The highest BCUT2D eigenvalue weighted by Gasteiger charge is 2.25. The Bertz CT molecular complexity index is 3500. The van der Waals surface area contributed by atoms with E-state index >= 15 is 0 Å². The Morgan fingerprint density at radius 1 is 0.472 bits per heavy atom. The first-order valence-corrected chi connectivity index (χ1v) is 17.8. The molecule has 9 aromatic carbocycles. The summed E-state index contributed by atoms with van der Waals surface area (Å²) in [5.41, 5.74) is 10.5. The van der Waals surface area contributed by atoms with Crippen LogP contribution in [-0.2, 0) is 7.05 Å². The molecule has 248 valence electrons. The van der Waals surface area contributed by atoms with Crippen molar-refractivity contribution in [1.82, 2.24) is 4.57 Å². The second kappa shape index (κ2) is 11.6. The van der Waals surface area contributed by atoms with Gasteiger partial charge in [0.15, 0.2) is 0 Å². The van der Waals surface area contributed by atoms with Crippen LogP contribution in [0.15, 0.2) is 186 Å². The molecule has 0 saturated heterocycles. The van der Waals surface area contributed by atoms with E-state index in [-0.39, 0.29) is 29.7 Å². The number of rotatable bonds is 4. The Morgan fingerprint density at radius 2 is 1.09 bits per heavy atom. The van der Waals surface area contributed by atoms with Crippen molar-refractivity contribution >= 4 is 65.3 Å². The second-order valence-electron chi connectivity index (χ2n) is 13.7. The second-order valence-corrected chi connectivity index (χ2v) is 13.7. The molecular formula is C51H33NO. The van der Waals surface area contributed by atoms with Crippen LogP contribution in [0.25, 0.3) is 110 Å². The molecule has 0 unspecified atom stereocenters. The highest BCUT2D eigenvalue weighted by molar-refractivity contribution is 6.30. The van der Waals surface area contributed by atoms with Crippen LogP contribution in [0.4, 0.5) is 0 Å². The number of aryl methyl sites for hydroxylation is 1. The van der Waals surface area contributed by atoms with Gasteiger partial charge in [-0.15, -0.1) is 0 Å². The Hall–Kier alpha value is -6.90. The fourth-order valence-electron chi connectivity index (χ4n) is 8.52. The van der Waals surface area contributed by atoms with Gasteiger partial charge in [-0.25, -0.2) is 0 Å². The minimum atomic E-state index is -0.409. The SMILES string of the molecule is [2H]c1c([2H])c([2H])c(-c2ccc(-c3c4ccccc4c(-c4ccc(-c5ccc6ccccc6c5)cc4)c4oc5ccccc5c34)c3c2c2ccccc2n3C)c([2H])c1[2H]. The van der Waals surface area contributed by atoms with Crippen LogP contribution < -0.4 is 0 Å². The molecule has 0 fully saturated rings. The molecular weight excluding hydrogens is 643 g/mol. The zero-order chi connectivity index (χ0) is 39.4. The quantitative estimate of drug-likeness (QED) is 0.181. The molecule has 0 saturated carbocycles. The molecule has 0 atom stereocenters. The van der Waals surface area contributed by atoms with Gasteiger partial charge in [0, 0.05) is 50.8 Å². The molecule has 2 heterocycles. The largest absolute Gasteiger partial charge is 0.455 e. The van der Waals surface area contributed by atoms with Crippen molar-refractivity contribution < 1.29 is 11.3 Å². The molecule has 11 aromatic rings. The molecule has 0 amide bonds. The van der Waals surface area contributed by atoms with Crippen LogP contribution in [0.3, 0.4) is 0 Å². The summed E-state index contributed by atoms with van der Waals surface area (Å²) in [6, 6.07) is 50.9. The van der Waals surface area contributed by atoms with Gasteiger partial charge in [0.05, 0.1) is 12.4 Å². The van der Waals surface area contributed by atoms with E-state index < -0.39 is 6.04 Å². The van der Waals surface area contributed by atoms with Crippen molar-refractivity contribution in [3.05, 3.63) is 182 Å². The van der Waals surface area contributed by atoms with Gasteiger partial charge >= 0.3 is 0 Å². The van der Waals surface area contributed by atoms with E-state index in [1.807, 2.05) is 49.5 Å². The molecule has 0 spiro atoms. The van der Waals surface area contributed by atoms with E-state index in [1.165, 1.54) is 10.8 Å². The van der Waals surface area contributed by atoms with Gasteiger partial charge in [0.1, 0.15) is 11.2 Å². The van der Waals surface area contributed by atoms with Crippen molar-refractivity contribution in [2.24, 2.45) is 7.05 Å².